The van der Waals surface area contributed by atoms with E-state index in [0.717, 1.165) is 5.56 Å². The Kier molecular flexibility index (Phi) is 4.79. The molecule has 4 nitrogen and oxygen atoms in total. The predicted molar refractivity (Wildman–Crippen MR) is 63.9 cm³/mol. The van der Waals surface area contributed by atoms with Gasteiger partial charge < -0.3 is 10.5 Å². The summed E-state index contributed by atoms with van der Waals surface area (Å²) in [5.74, 6) is -0.265. The number of pyridine rings is 1. The Balaban J connectivity index is 2.59. The Morgan fingerprint density at radius 1 is 1.69 bits per heavy atom. The number of carbonyl (C=O) groups excluding carboxylic acids is 1. The zero-order chi connectivity index (χ0) is 12.0. The van der Waals surface area contributed by atoms with Crippen molar-refractivity contribution in [3.05, 3.63) is 29.1 Å². The second kappa shape index (κ2) is 6.12. The van der Waals surface area contributed by atoms with Crippen molar-refractivity contribution in [2.24, 2.45) is 0 Å². The summed E-state index contributed by atoms with van der Waals surface area (Å²) in [4.78, 5) is 14.9. The number of ether oxygens (including phenoxy) is 1. The van der Waals surface area contributed by atoms with Crippen LogP contribution in [-0.4, -0.2) is 17.6 Å². The number of halogens is 1. The van der Waals surface area contributed by atoms with E-state index in [9.17, 15) is 4.79 Å². The Bertz CT molecular complexity index is 405. The lowest BCUT2D eigenvalue weighted by atomic mass is 10.2. The van der Waals surface area contributed by atoms with Gasteiger partial charge in [0.1, 0.15) is 5.15 Å². The van der Waals surface area contributed by atoms with E-state index in [1.165, 1.54) is 0 Å². The maximum atomic E-state index is 11.0. The van der Waals surface area contributed by atoms with Crippen molar-refractivity contribution in [2.45, 2.75) is 13.3 Å². The molecule has 1 heterocycles. The van der Waals surface area contributed by atoms with E-state index in [1.807, 2.05) is 0 Å². The predicted octanol–water partition coefficient (Wildman–Crippen LogP) is 2.28. The van der Waals surface area contributed by atoms with Gasteiger partial charge in [0.2, 0.25) is 0 Å². The van der Waals surface area contributed by atoms with Crippen molar-refractivity contribution in [3.8, 4) is 0 Å². The Labute approximate surface area is 99.1 Å². The van der Waals surface area contributed by atoms with Gasteiger partial charge in [-0.25, -0.2) is 4.98 Å². The van der Waals surface area contributed by atoms with Gasteiger partial charge in [-0.1, -0.05) is 23.8 Å². The van der Waals surface area contributed by atoms with Crippen LogP contribution in [0.15, 0.2) is 18.3 Å². The van der Waals surface area contributed by atoms with E-state index >= 15 is 0 Å². The van der Waals surface area contributed by atoms with Crippen LogP contribution >= 0.6 is 11.6 Å². The van der Waals surface area contributed by atoms with Crippen LogP contribution in [-0.2, 0) is 9.53 Å². The zero-order valence-electron chi connectivity index (χ0n) is 8.94. The van der Waals surface area contributed by atoms with E-state index in [1.54, 1.807) is 31.3 Å². The van der Waals surface area contributed by atoms with Crippen LogP contribution in [0.3, 0.4) is 0 Å². The van der Waals surface area contributed by atoms with Gasteiger partial charge in [0.25, 0.3) is 0 Å². The van der Waals surface area contributed by atoms with Crippen LogP contribution in [0.1, 0.15) is 18.9 Å². The quantitative estimate of drug-likeness (QED) is 0.648. The molecule has 0 radical (unpaired) electrons. The number of hydrogen-bond donors (Lipinski definition) is 1. The number of rotatable bonds is 4. The third kappa shape index (κ3) is 3.90. The fraction of sp³-hybridized carbons (Fsp3) is 0.273. The highest BCUT2D eigenvalue weighted by Crippen LogP contribution is 2.16. The monoisotopic (exact) mass is 240 g/mol. The summed E-state index contributed by atoms with van der Waals surface area (Å²) >= 11 is 5.65. The topological polar surface area (TPSA) is 65.2 Å². The first kappa shape index (κ1) is 12.5. The second-order valence-electron chi connectivity index (χ2n) is 3.05. The molecule has 2 N–H and O–H groups in total. The van der Waals surface area contributed by atoms with Gasteiger partial charge in [0, 0.05) is 17.4 Å². The average Bonchev–Trinajstić information content (AvgIpc) is 2.22. The molecule has 1 aromatic heterocycles. The summed E-state index contributed by atoms with van der Waals surface area (Å²) in [6, 6.07) is 1.56. The standard InChI is InChI=1S/C11H13ClN2O2/c1-2-16-11(15)5-3-4-8-7-14-10(12)6-9(8)13/h3-4,6-7H,2,5H2,1H3,(H2,13,14). The molecule has 0 aliphatic rings. The maximum Gasteiger partial charge on any atom is 0.309 e. The zero-order valence-corrected chi connectivity index (χ0v) is 9.70. The molecule has 0 bridgehead atoms. The van der Waals surface area contributed by atoms with Crippen molar-refractivity contribution < 1.29 is 9.53 Å². The van der Waals surface area contributed by atoms with Gasteiger partial charge in [-0.15, -0.1) is 0 Å². The summed E-state index contributed by atoms with van der Waals surface area (Å²) in [6.45, 7) is 2.15. The molecule has 0 spiro atoms. The molecule has 0 atom stereocenters. The molecule has 0 aromatic carbocycles. The second-order valence-corrected chi connectivity index (χ2v) is 3.43. The highest BCUT2D eigenvalue weighted by atomic mass is 35.5. The number of nitrogen functional groups attached to an aromatic ring is 1. The summed E-state index contributed by atoms with van der Waals surface area (Å²) in [7, 11) is 0. The molecule has 0 aliphatic carbocycles. The molecule has 0 unspecified atom stereocenters. The molecule has 0 fully saturated rings. The van der Waals surface area contributed by atoms with Crippen molar-refractivity contribution >= 4 is 29.3 Å². The number of nitrogens with zero attached hydrogens (tertiary/aromatic N) is 1. The number of esters is 1. The van der Waals surface area contributed by atoms with Crippen LogP contribution in [0.25, 0.3) is 6.08 Å². The third-order valence-corrected chi connectivity index (χ3v) is 2.03. The SMILES string of the molecule is CCOC(=O)CC=Cc1cnc(Cl)cc1N. The van der Waals surface area contributed by atoms with E-state index in [2.05, 4.69) is 4.98 Å². The number of nitrogens with two attached hydrogens (primary N) is 1. The largest absolute Gasteiger partial charge is 0.466 e. The molecule has 1 rings (SSSR count). The highest BCUT2D eigenvalue weighted by molar-refractivity contribution is 6.29. The molecule has 0 saturated carbocycles. The summed E-state index contributed by atoms with van der Waals surface area (Å²) in [5.41, 5.74) is 6.96. The van der Waals surface area contributed by atoms with Crippen molar-refractivity contribution in [2.75, 3.05) is 12.3 Å². The van der Waals surface area contributed by atoms with Gasteiger partial charge in [-0.05, 0) is 13.0 Å². The molecule has 0 aliphatic heterocycles. The molecule has 5 heteroatoms. The van der Waals surface area contributed by atoms with Gasteiger partial charge in [-0.2, -0.15) is 0 Å². The van der Waals surface area contributed by atoms with Gasteiger partial charge in [-0.3, -0.25) is 4.79 Å². The summed E-state index contributed by atoms with van der Waals surface area (Å²) in [5, 5.41) is 0.347. The minimum absolute atomic E-state index is 0.218. The van der Waals surface area contributed by atoms with Crippen LogP contribution < -0.4 is 5.73 Å². The summed E-state index contributed by atoms with van der Waals surface area (Å²) in [6.07, 6.45) is 5.17. The van der Waals surface area contributed by atoms with Crippen molar-refractivity contribution in [1.29, 1.82) is 0 Å². The van der Waals surface area contributed by atoms with Gasteiger partial charge >= 0.3 is 5.97 Å². The fourth-order valence-corrected chi connectivity index (χ4v) is 1.26. The van der Waals surface area contributed by atoms with Crippen molar-refractivity contribution in [1.82, 2.24) is 4.98 Å². The maximum absolute atomic E-state index is 11.0. The third-order valence-electron chi connectivity index (χ3n) is 1.82. The van der Waals surface area contributed by atoms with E-state index in [4.69, 9.17) is 22.1 Å². The Hall–Kier alpha value is -1.55. The van der Waals surface area contributed by atoms with Crippen LogP contribution in [0.4, 0.5) is 5.69 Å². The minimum atomic E-state index is -0.265. The van der Waals surface area contributed by atoms with E-state index < -0.39 is 0 Å². The fourth-order valence-electron chi connectivity index (χ4n) is 1.10. The number of hydrogen-bond acceptors (Lipinski definition) is 4. The molecular weight excluding hydrogens is 228 g/mol. The first-order chi connectivity index (χ1) is 7.63. The Morgan fingerprint density at radius 2 is 2.44 bits per heavy atom. The van der Waals surface area contributed by atoms with Crippen LogP contribution in [0, 0.1) is 0 Å². The lowest BCUT2D eigenvalue weighted by molar-refractivity contribution is -0.142. The summed E-state index contributed by atoms with van der Waals surface area (Å²) < 4.78 is 4.77. The lowest BCUT2D eigenvalue weighted by Crippen LogP contribution is -2.01. The average molecular weight is 241 g/mol. The van der Waals surface area contributed by atoms with E-state index in [0.29, 0.717) is 17.4 Å². The number of anilines is 1. The van der Waals surface area contributed by atoms with Gasteiger partial charge in [0.15, 0.2) is 0 Å². The van der Waals surface area contributed by atoms with Crippen LogP contribution in [0.5, 0.6) is 0 Å². The Morgan fingerprint density at radius 3 is 3.06 bits per heavy atom. The van der Waals surface area contributed by atoms with Crippen molar-refractivity contribution in [3.63, 3.8) is 0 Å². The van der Waals surface area contributed by atoms with Gasteiger partial charge in [0.05, 0.1) is 13.0 Å². The molecule has 0 saturated heterocycles. The number of carbonyl (C=O) groups is 1. The molecule has 1 aromatic rings. The normalized spacial score (nSPS) is 10.6. The lowest BCUT2D eigenvalue weighted by Gasteiger charge is -2.00. The molecule has 0 amide bonds. The smallest absolute Gasteiger partial charge is 0.309 e. The first-order valence-corrected chi connectivity index (χ1v) is 5.24. The molecular formula is C11H13ClN2O2. The first-order valence-electron chi connectivity index (χ1n) is 4.86. The number of aromatic nitrogens is 1. The van der Waals surface area contributed by atoms with Crippen LogP contribution in [0.2, 0.25) is 5.15 Å². The molecule has 86 valence electrons. The van der Waals surface area contributed by atoms with E-state index in [-0.39, 0.29) is 12.4 Å². The molecule has 16 heavy (non-hydrogen) atoms. The highest BCUT2D eigenvalue weighted by Gasteiger charge is 1.99. The minimum Gasteiger partial charge on any atom is -0.466 e.